The minimum Gasteiger partial charge on any atom is -0.478 e. The summed E-state index contributed by atoms with van der Waals surface area (Å²) in [6.07, 6.45) is 0. The van der Waals surface area contributed by atoms with Crippen LogP contribution in [0.4, 0.5) is 0 Å². The molecule has 0 saturated heterocycles. The van der Waals surface area contributed by atoms with Gasteiger partial charge >= 0.3 is 5.97 Å². The molecular weight excluding hydrogens is 210 g/mol. The summed E-state index contributed by atoms with van der Waals surface area (Å²) in [5.41, 5.74) is 0.975. The lowest BCUT2D eigenvalue weighted by atomic mass is 10.2. The first-order valence-corrected chi connectivity index (χ1v) is 4.92. The Morgan fingerprint density at radius 1 is 1.56 bits per heavy atom. The number of hydrogen-bond donors (Lipinski definition) is 1. The van der Waals surface area contributed by atoms with Gasteiger partial charge in [0.1, 0.15) is 12.1 Å². The molecule has 1 aromatic carbocycles. The average molecular weight is 221 g/mol. The normalized spacial score (nSPS) is 10.8. The van der Waals surface area contributed by atoms with Gasteiger partial charge in [-0.15, -0.1) is 0 Å². The van der Waals surface area contributed by atoms with Crippen molar-refractivity contribution in [1.29, 1.82) is 0 Å². The van der Waals surface area contributed by atoms with Gasteiger partial charge in [-0.25, -0.2) is 9.78 Å². The second-order valence-corrected chi connectivity index (χ2v) is 3.20. The third kappa shape index (κ3) is 1.90. The SMILES string of the molecule is CCOCc1nc2c(C(=O)O)cccc2o1. The molecule has 0 amide bonds. The van der Waals surface area contributed by atoms with Crippen molar-refractivity contribution < 1.29 is 19.1 Å². The Balaban J connectivity index is 2.44. The van der Waals surface area contributed by atoms with Crippen LogP contribution in [0.3, 0.4) is 0 Å². The Kier molecular flexibility index (Phi) is 2.87. The molecule has 0 unspecified atom stereocenters. The van der Waals surface area contributed by atoms with Crippen molar-refractivity contribution in [2.75, 3.05) is 6.61 Å². The maximum Gasteiger partial charge on any atom is 0.338 e. The number of nitrogens with zero attached hydrogens (tertiary/aromatic N) is 1. The summed E-state index contributed by atoms with van der Waals surface area (Å²) < 4.78 is 10.5. The molecule has 0 spiro atoms. The standard InChI is InChI=1S/C11H11NO4/c1-2-15-6-9-12-10-7(11(13)14)4-3-5-8(10)16-9/h3-5H,2,6H2,1H3,(H,13,14). The number of carbonyl (C=O) groups is 1. The quantitative estimate of drug-likeness (QED) is 0.855. The van der Waals surface area contributed by atoms with E-state index in [0.717, 1.165) is 0 Å². The van der Waals surface area contributed by atoms with Crippen molar-refractivity contribution in [3.63, 3.8) is 0 Å². The fraction of sp³-hybridized carbons (Fsp3) is 0.273. The maximum atomic E-state index is 10.9. The number of aromatic carboxylic acids is 1. The number of carboxylic acids is 1. The third-order valence-corrected chi connectivity index (χ3v) is 2.12. The summed E-state index contributed by atoms with van der Waals surface area (Å²) in [6.45, 7) is 2.68. The monoisotopic (exact) mass is 221 g/mol. The van der Waals surface area contributed by atoms with Gasteiger partial charge in [-0.1, -0.05) is 6.07 Å². The molecule has 0 aliphatic heterocycles. The van der Waals surface area contributed by atoms with Gasteiger partial charge < -0.3 is 14.3 Å². The Morgan fingerprint density at radius 3 is 3.06 bits per heavy atom. The minimum absolute atomic E-state index is 0.143. The van der Waals surface area contributed by atoms with Crippen molar-refractivity contribution in [2.24, 2.45) is 0 Å². The number of ether oxygens (including phenoxy) is 1. The molecule has 1 N–H and O–H groups in total. The summed E-state index contributed by atoms with van der Waals surface area (Å²) in [5, 5.41) is 8.96. The molecule has 0 saturated carbocycles. The van der Waals surface area contributed by atoms with E-state index < -0.39 is 5.97 Å². The lowest BCUT2D eigenvalue weighted by molar-refractivity contribution is 0.0699. The molecule has 0 bridgehead atoms. The summed E-state index contributed by atoms with van der Waals surface area (Å²) >= 11 is 0. The molecule has 0 aliphatic rings. The topological polar surface area (TPSA) is 72.6 Å². The van der Waals surface area contributed by atoms with E-state index in [1.165, 1.54) is 6.07 Å². The van der Waals surface area contributed by atoms with E-state index >= 15 is 0 Å². The zero-order valence-corrected chi connectivity index (χ0v) is 8.77. The highest BCUT2D eigenvalue weighted by Crippen LogP contribution is 2.20. The van der Waals surface area contributed by atoms with Gasteiger partial charge in [0.2, 0.25) is 5.89 Å². The number of hydrogen-bond acceptors (Lipinski definition) is 4. The summed E-state index contributed by atoms with van der Waals surface area (Å²) in [4.78, 5) is 15.0. The highest BCUT2D eigenvalue weighted by atomic mass is 16.5. The number of rotatable bonds is 4. The number of aromatic nitrogens is 1. The van der Waals surface area contributed by atoms with Crippen molar-refractivity contribution in [2.45, 2.75) is 13.5 Å². The molecular formula is C11H11NO4. The molecule has 0 radical (unpaired) electrons. The molecule has 0 atom stereocenters. The van der Waals surface area contributed by atoms with Gasteiger partial charge in [-0.05, 0) is 19.1 Å². The first kappa shape index (κ1) is 10.6. The van der Waals surface area contributed by atoms with E-state index in [2.05, 4.69) is 4.98 Å². The lowest BCUT2D eigenvalue weighted by Crippen LogP contribution is -1.97. The van der Waals surface area contributed by atoms with Gasteiger partial charge in [0.15, 0.2) is 5.58 Å². The fourth-order valence-electron chi connectivity index (χ4n) is 1.42. The summed E-state index contributed by atoms with van der Waals surface area (Å²) in [5.74, 6) is -0.618. The first-order valence-electron chi connectivity index (χ1n) is 4.92. The van der Waals surface area contributed by atoms with Crippen LogP contribution in [0.1, 0.15) is 23.2 Å². The number of oxazole rings is 1. The molecule has 1 aromatic heterocycles. The highest BCUT2D eigenvalue weighted by molar-refractivity contribution is 6.00. The van der Waals surface area contributed by atoms with E-state index in [9.17, 15) is 4.79 Å². The molecule has 1 heterocycles. The number of benzene rings is 1. The molecule has 5 heteroatoms. The predicted octanol–water partition coefficient (Wildman–Crippen LogP) is 2.06. The van der Waals surface area contributed by atoms with Crippen LogP contribution >= 0.6 is 0 Å². The van der Waals surface area contributed by atoms with Crippen molar-refractivity contribution in [3.8, 4) is 0 Å². The highest BCUT2D eigenvalue weighted by Gasteiger charge is 2.13. The van der Waals surface area contributed by atoms with Gasteiger partial charge in [0.05, 0.1) is 5.56 Å². The van der Waals surface area contributed by atoms with E-state index in [4.69, 9.17) is 14.3 Å². The zero-order valence-electron chi connectivity index (χ0n) is 8.77. The molecule has 84 valence electrons. The first-order chi connectivity index (χ1) is 7.72. The smallest absolute Gasteiger partial charge is 0.338 e. The van der Waals surface area contributed by atoms with Crippen LogP contribution in [0.5, 0.6) is 0 Å². The van der Waals surface area contributed by atoms with Crippen LogP contribution in [0.2, 0.25) is 0 Å². The van der Waals surface area contributed by atoms with Crippen LogP contribution in [-0.4, -0.2) is 22.7 Å². The van der Waals surface area contributed by atoms with Crippen molar-refractivity contribution in [3.05, 3.63) is 29.7 Å². The lowest BCUT2D eigenvalue weighted by Gasteiger charge is -1.93. The van der Waals surface area contributed by atoms with E-state index in [0.29, 0.717) is 23.6 Å². The Hall–Kier alpha value is -1.88. The molecule has 0 aliphatic carbocycles. The van der Waals surface area contributed by atoms with E-state index in [1.807, 2.05) is 6.92 Å². The second-order valence-electron chi connectivity index (χ2n) is 3.20. The largest absolute Gasteiger partial charge is 0.478 e. The predicted molar refractivity (Wildman–Crippen MR) is 56.3 cm³/mol. The van der Waals surface area contributed by atoms with Gasteiger partial charge in [-0.3, -0.25) is 0 Å². The number of carboxylic acid groups (broad SMARTS) is 1. The Labute approximate surface area is 91.7 Å². The maximum absolute atomic E-state index is 10.9. The fourth-order valence-corrected chi connectivity index (χ4v) is 1.42. The van der Waals surface area contributed by atoms with Crippen LogP contribution in [-0.2, 0) is 11.3 Å². The van der Waals surface area contributed by atoms with Crippen LogP contribution in [0.15, 0.2) is 22.6 Å². The molecule has 2 rings (SSSR count). The average Bonchev–Trinajstić information content (AvgIpc) is 2.68. The van der Waals surface area contributed by atoms with Crippen molar-refractivity contribution in [1.82, 2.24) is 4.98 Å². The minimum atomic E-state index is -1.01. The molecule has 5 nitrogen and oxygen atoms in total. The van der Waals surface area contributed by atoms with Gasteiger partial charge in [-0.2, -0.15) is 0 Å². The zero-order chi connectivity index (χ0) is 11.5. The molecule has 16 heavy (non-hydrogen) atoms. The summed E-state index contributed by atoms with van der Waals surface area (Å²) in [6, 6.07) is 4.81. The second kappa shape index (κ2) is 4.32. The van der Waals surface area contributed by atoms with Crippen LogP contribution < -0.4 is 0 Å². The van der Waals surface area contributed by atoms with Crippen molar-refractivity contribution >= 4 is 17.1 Å². The third-order valence-electron chi connectivity index (χ3n) is 2.12. The Bertz CT molecular complexity index is 518. The van der Waals surface area contributed by atoms with Crippen LogP contribution in [0.25, 0.3) is 11.1 Å². The Morgan fingerprint density at radius 2 is 2.38 bits per heavy atom. The van der Waals surface area contributed by atoms with Crippen LogP contribution in [0, 0.1) is 0 Å². The van der Waals surface area contributed by atoms with E-state index in [1.54, 1.807) is 12.1 Å². The number of fused-ring (bicyclic) bond motifs is 1. The molecule has 0 fully saturated rings. The number of para-hydroxylation sites is 1. The van der Waals surface area contributed by atoms with Gasteiger partial charge in [0.25, 0.3) is 0 Å². The molecule has 2 aromatic rings. The van der Waals surface area contributed by atoms with Gasteiger partial charge in [0, 0.05) is 6.61 Å². The summed E-state index contributed by atoms with van der Waals surface area (Å²) in [7, 11) is 0. The van der Waals surface area contributed by atoms with E-state index in [-0.39, 0.29) is 12.2 Å².